The van der Waals surface area contributed by atoms with Crippen molar-refractivity contribution in [3.8, 4) is 5.75 Å². The Hall–Kier alpha value is -1.39. The summed E-state index contributed by atoms with van der Waals surface area (Å²) in [5.41, 5.74) is 0. The third-order valence-corrected chi connectivity index (χ3v) is 6.45. The van der Waals surface area contributed by atoms with Crippen molar-refractivity contribution < 1.29 is 31.5 Å². The molecule has 6 nitrogen and oxygen atoms in total. The van der Waals surface area contributed by atoms with Crippen molar-refractivity contribution in [3.05, 3.63) is 24.0 Å². The van der Waals surface area contributed by atoms with Crippen LogP contribution < -0.4 is 9.46 Å². The van der Waals surface area contributed by atoms with Crippen molar-refractivity contribution in [1.29, 1.82) is 0 Å². The number of rotatable bonds is 15. The molecule has 0 aliphatic rings. The van der Waals surface area contributed by atoms with Gasteiger partial charge in [0, 0.05) is 17.2 Å². The number of ether oxygens (including phenoxy) is 2. The van der Waals surface area contributed by atoms with Crippen LogP contribution in [0, 0.1) is 5.82 Å². The van der Waals surface area contributed by atoms with E-state index in [2.05, 4.69) is 21.1 Å². The fraction of sp³-hybridized carbons (Fsp3) is 0.632. The predicted octanol–water partition coefficient (Wildman–Crippen LogP) is 4.05. The second-order valence-corrected chi connectivity index (χ2v) is 9.47. The molecule has 0 heterocycles. The van der Waals surface area contributed by atoms with Gasteiger partial charge in [0.15, 0.2) is 11.6 Å². The van der Waals surface area contributed by atoms with Gasteiger partial charge in [-0.1, -0.05) is 39.0 Å². The lowest BCUT2D eigenvalue weighted by molar-refractivity contribution is -0.157. The van der Waals surface area contributed by atoms with Gasteiger partial charge in [-0.15, -0.1) is 11.8 Å². The highest BCUT2D eigenvalue weighted by molar-refractivity contribution is 7.99. The number of thioether (sulfide) groups is 1. The molecule has 1 atom stereocenters. The van der Waals surface area contributed by atoms with E-state index in [1.807, 2.05) is 0 Å². The summed E-state index contributed by atoms with van der Waals surface area (Å²) in [6.07, 6.45) is 3.65. The van der Waals surface area contributed by atoms with Crippen molar-refractivity contribution in [2.75, 3.05) is 25.2 Å². The number of carbonyl (C=O) groups excluding carboxylic acids is 1. The number of halogens is 2. The summed E-state index contributed by atoms with van der Waals surface area (Å²) in [6, 6.07) is 3.84. The topological polar surface area (TPSA) is 81.7 Å². The van der Waals surface area contributed by atoms with Gasteiger partial charge in [0.25, 0.3) is 0 Å². The summed E-state index contributed by atoms with van der Waals surface area (Å²) in [5.74, 6) is -1.98. The smallest absolute Gasteiger partial charge is 0.380 e. The van der Waals surface area contributed by atoms with Crippen LogP contribution >= 0.6 is 11.8 Å². The molecule has 0 bridgehead atoms. The van der Waals surface area contributed by atoms with Gasteiger partial charge >= 0.3 is 12.3 Å². The summed E-state index contributed by atoms with van der Waals surface area (Å²) < 4.78 is 62.5. The molecule has 166 valence electrons. The van der Waals surface area contributed by atoms with Gasteiger partial charge in [0.1, 0.15) is 0 Å². The molecule has 1 aromatic carbocycles. The monoisotopic (exact) mass is 453 g/mol. The molecule has 1 unspecified atom stereocenters. The second kappa shape index (κ2) is 13.8. The van der Waals surface area contributed by atoms with Gasteiger partial charge in [-0.2, -0.15) is 4.39 Å². The molecule has 10 heteroatoms. The zero-order chi connectivity index (χ0) is 21.7. The minimum atomic E-state index is -3.31. The van der Waals surface area contributed by atoms with Crippen LogP contribution in [0.2, 0.25) is 0 Å². The highest BCUT2D eigenvalue weighted by atomic mass is 32.2. The minimum Gasteiger partial charge on any atom is -0.464 e. The summed E-state index contributed by atoms with van der Waals surface area (Å²) in [5, 5.41) is 0. The van der Waals surface area contributed by atoms with Gasteiger partial charge in [-0.25, -0.2) is 22.3 Å². The predicted molar refractivity (Wildman–Crippen MR) is 110 cm³/mol. The van der Waals surface area contributed by atoms with E-state index in [0.29, 0.717) is 17.1 Å². The fourth-order valence-corrected chi connectivity index (χ4v) is 4.49. The first kappa shape index (κ1) is 25.6. The lowest BCUT2D eigenvalue weighted by Gasteiger charge is -2.11. The molecule has 1 N–H and O–H groups in total. The molecule has 1 aromatic rings. The van der Waals surface area contributed by atoms with E-state index in [0.717, 1.165) is 38.9 Å². The molecule has 0 radical (unpaired) electrons. The Kier molecular flexibility index (Phi) is 12.2. The van der Waals surface area contributed by atoms with Gasteiger partial charge in [0.2, 0.25) is 10.0 Å². The van der Waals surface area contributed by atoms with E-state index >= 15 is 0 Å². The minimum absolute atomic E-state index is 0.106. The molecule has 0 aromatic heterocycles. The highest BCUT2D eigenvalue weighted by Crippen LogP contribution is 2.25. The van der Waals surface area contributed by atoms with E-state index in [1.54, 1.807) is 0 Å². The van der Waals surface area contributed by atoms with Crippen molar-refractivity contribution in [2.24, 2.45) is 0 Å². The Morgan fingerprint density at radius 1 is 1.21 bits per heavy atom. The number of alkyl halides is 1. The van der Waals surface area contributed by atoms with Crippen molar-refractivity contribution in [3.63, 3.8) is 0 Å². The van der Waals surface area contributed by atoms with Crippen molar-refractivity contribution in [1.82, 2.24) is 4.72 Å². The molecule has 0 fully saturated rings. The molecule has 0 aliphatic carbocycles. The lowest BCUT2D eigenvalue weighted by Crippen LogP contribution is -2.28. The molecule has 29 heavy (non-hydrogen) atoms. The van der Waals surface area contributed by atoms with Crippen LogP contribution in [0.1, 0.15) is 45.4 Å². The highest BCUT2D eigenvalue weighted by Gasteiger charge is 2.21. The maximum Gasteiger partial charge on any atom is 0.380 e. The van der Waals surface area contributed by atoms with Crippen molar-refractivity contribution in [2.45, 2.75) is 56.7 Å². The quantitative estimate of drug-likeness (QED) is 0.245. The largest absolute Gasteiger partial charge is 0.464 e. The number of benzene rings is 1. The van der Waals surface area contributed by atoms with E-state index < -0.39 is 33.9 Å². The Balaban J connectivity index is 2.33. The normalized spacial score (nSPS) is 12.6. The average Bonchev–Trinajstić information content (AvgIpc) is 2.69. The van der Waals surface area contributed by atoms with Gasteiger partial charge in [0.05, 0.1) is 12.9 Å². The molecular weight excluding hydrogens is 424 g/mol. The van der Waals surface area contributed by atoms with Crippen molar-refractivity contribution >= 4 is 27.8 Å². The van der Waals surface area contributed by atoms with Crippen LogP contribution in [0.25, 0.3) is 0 Å². The molecule has 0 saturated carbocycles. The van der Waals surface area contributed by atoms with Gasteiger partial charge in [-0.05, 0) is 24.6 Å². The lowest BCUT2D eigenvalue weighted by atomic mass is 10.1. The number of sulfonamides is 1. The van der Waals surface area contributed by atoms with E-state index in [1.165, 1.54) is 30.3 Å². The molecule has 0 spiro atoms. The second-order valence-electron chi connectivity index (χ2n) is 6.38. The maximum absolute atomic E-state index is 14.0. The van der Waals surface area contributed by atoms with Gasteiger partial charge < -0.3 is 9.47 Å². The van der Waals surface area contributed by atoms with Crippen LogP contribution in [0.4, 0.5) is 8.78 Å². The number of hydrogen-bond acceptors (Lipinski definition) is 6. The Morgan fingerprint density at radius 3 is 2.55 bits per heavy atom. The zero-order valence-corrected chi connectivity index (χ0v) is 18.4. The van der Waals surface area contributed by atoms with E-state index in [9.17, 15) is 22.0 Å². The zero-order valence-electron chi connectivity index (χ0n) is 16.8. The summed E-state index contributed by atoms with van der Waals surface area (Å²) in [7, 11) is -2.31. The number of esters is 1. The first-order chi connectivity index (χ1) is 13.8. The van der Waals surface area contributed by atoms with Crippen LogP contribution in [0.3, 0.4) is 0 Å². The van der Waals surface area contributed by atoms with Crippen LogP contribution in [0.5, 0.6) is 5.75 Å². The summed E-state index contributed by atoms with van der Waals surface area (Å²) >= 11 is 1.24. The fourth-order valence-electron chi connectivity index (χ4n) is 2.43. The van der Waals surface area contributed by atoms with Crippen LogP contribution in [-0.2, 0) is 19.6 Å². The Labute approximate surface area is 175 Å². The molecule has 1 rings (SSSR count). The standard InChI is InChI=1S/C19H29F2NO5S2/c1-3-4-5-6-7-8-13-29(24,25)22-11-12-28-15-9-10-17(16(20)14-15)27-18(21)19(23)26-2/h9-10,14,18,22H,3-8,11-13H2,1-2H3. The molecular formula is C19H29F2NO5S2. The first-order valence-corrected chi connectivity index (χ1v) is 12.2. The molecule has 0 saturated heterocycles. The number of nitrogens with one attached hydrogen (secondary N) is 1. The number of hydrogen-bond donors (Lipinski definition) is 1. The van der Waals surface area contributed by atoms with Crippen LogP contribution in [0.15, 0.2) is 23.1 Å². The molecule has 0 amide bonds. The van der Waals surface area contributed by atoms with Crippen LogP contribution in [-0.4, -0.2) is 45.9 Å². The summed E-state index contributed by atoms with van der Waals surface area (Å²) in [6.45, 7) is 2.35. The number of unbranched alkanes of at least 4 members (excludes halogenated alkanes) is 5. The summed E-state index contributed by atoms with van der Waals surface area (Å²) in [4.78, 5) is 11.5. The third-order valence-electron chi connectivity index (χ3n) is 3.98. The third kappa shape index (κ3) is 10.8. The van der Waals surface area contributed by atoms with E-state index in [-0.39, 0.29) is 12.3 Å². The number of carbonyl (C=O) groups is 1. The van der Waals surface area contributed by atoms with Gasteiger partial charge in [-0.3, -0.25) is 0 Å². The Bertz CT molecular complexity index is 731. The maximum atomic E-state index is 14.0. The Morgan fingerprint density at radius 2 is 1.90 bits per heavy atom. The molecule has 0 aliphatic heterocycles. The first-order valence-electron chi connectivity index (χ1n) is 9.57. The number of methoxy groups -OCH3 is 1. The average molecular weight is 454 g/mol. The SMILES string of the molecule is CCCCCCCCS(=O)(=O)NCCSc1ccc(OC(F)C(=O)OC)c(F)c1. The van der Waals surface area contributed by atoms with E-state index in [4.69, 9.17) is 0 Å².